The second-order valence-corrected chi connectivity index (χ2v) is 2.11. The van der Waals surface area contributed by atoms with E-state index in [1.165, 1.54) is 0 Å². The van der Waals surface area contributed by atoms with Crippen LogP contribution in [0.4, 0.5) is 5.69 Å². The third-order valence-electron chi connectivity index (χ3n) is 1.40. The third-order valence-corrected chi connectivity index (χ3v) is 1.40. The van der Waals surface area contributed by atoms with Gasteiger partial charge in [-0.15, -0.1) is 0 Å². The van der Waals surface area contributed by atoms with Gasteiger partial charge in [0.1, 0.15) is 0 Å². The first kappa shape index (κ1) is 7.72. The van der Waals surface area contributed by atoms with Crippen LogP contribution in [0, 0.1) is 0 Å². The monoisotopic (exact) mass is 153 g/mol. The van der Waals surface area contributed by atoms with Gasteiger partial charge in [0.2, 0.25) is 6.79 Å². The van der Waals surface area contributed by atoms with Gasteiger partial charge >= 0.3 is 0 Å². The lowest BCUT2D eigenvalue weighted by atomic mass is 10.3. The first-order valence-corrected chi connectivity index (χ1v) is 3.01. The Morgan fingerprint density at radius 2 is 1.91 bits per heavy atom. The van der Waals surface area contributed by atoms with E-state index in [2.05, 4.69) is 0 Å². The summed E-state index contributed by atoms with van der Waals surface area (Å²) in [5.41, 5.74) is 6.19. The molecule has 11 heavy (non-hydrogen) atoms. The zero-order valence-corrected chi connectivity index (χ0v) is 5.33. The summed E-state index contributed by atoms with van der Waals surface area (Å²) in [5.74, 6) is 1.51. The number of fused-ring (bicyclic) bond motifs is 1. The van der Waals surface area contributed by atoms with Crippen LogP contribution in [0.5, 0.6) is 11.5 Å². The normalized spacial score (nSPS) is 12.4. The van der Waals surface area contributed by atoms with Crippen molar-refractivity contribution in [3.63, 3.8) is 0 Å². The summed E-state index contributed by atoms with van der Waals surface area (Å²) in [7, 11) is 0. The molecule has 1 aliphatic heterocycles. The number of hydrogen-bond acceptors (Lipinski definition) is 3. The number of hydrogen-bond donors (Lipinski definition) is 1. The predicted octanol–water partition coefficient (Wildman–Crippen LogP) is 1.63. The van der Waals surface area contributed by atoms with Gasteiger partial charge in [0.25, 0.3) is 0 Å². The number of nitrogen functional groups attached to an aromatic ring is 1. The van der Waals surface area contributed by atoms with Crippen LogP contribution in [0.3, 0.4) is 0 Å². The zero-order chi connectivity index (χ0) is 6.97. The van der Waals surface area contributed by atoms with E-state index in [4.69, 9.17) is 15.2 Å². The highest BCUT2D eigenvalue weighted by molar-refractivity contribution is 5.52. The zero-order valence-electron chi connectivity index (χ0n) is 5.33. The lowest BCUT2D eigenvalue weighted by Crippen LogP contribution is -1.92. The van der Waals surface area contributed by atoms with Gasteiger partial charge in [0, 0.05) is 11.8 Å². The topological polar surface area (TPSA) is 44.5 Å². The van der Waals surface area contributed by atoms with Crippen molar-refractivity contribution in [2.45, 2.75) is 7.43 Å². The van der Waals surface area contributed by atoms with E-state index < -0.39 is 0 Å². The molecule has 0 aromatic heterocycles. The Kier molecular flexibility index (Phi) is 1.89. The Morgan fingerprint density at radius 1 is 1.18 bits per heavy atom. The maximum absolute atomic E-state index is 5.50. The van der Waals surface area contributed by atoms with Gasteiger partial charge in [-0.1, -0.05) is 7.43 Å². The van der Waals surface area contributed by atoms with Crippen LogP contribution in [-0.2, 0) is 0 Å². The Balaban J connectivity index is 0.000000605. The van der Waals surface area contributed by atoms with Crippen molar-refractivity contribution < 1.29 is 9.47 Å². The first-order chi connectivity index (χ1) is 4.86. The molecule has 0 bridgehead atoms. The molecule has 0 unspecified atom stereocenters. The second-order valence-electron chi connectivity index (χ2n) is 2.11. The van der Waals surface area contributed by atoms with Gasteiger partial charge in [0.15, 0.2) is 11.5 Å². The van der Waals surface area contributed by atoms with E-state index in [1.807, 2.05) is 0 Å². The van der Waals surface area contributed by atoms with Crippen LogP contribution in [-0.4, -0.2) is 6.79 Å². The van der Waals surface area contributed by atoms with Gasteiger partial charge in [-0.2, -0.15) is 0 Å². The van der Waals surface area contributed by atoms with E-state index in [9.17, 15) is 0 Å². The number of nitrogens with two attached hydrogens (primary N) is 1. The molecule has 2 rings (SSSR count). The fraction of sp³-hybridized carbons (Fsp3) is 0.250. The molecular formula is C8H11NO2. The van der Waals surface area contributed by atoms with Crippen molar-refractivity contribution in [3.8, 4) is 11.5 Å². The summed E-state index contributed by atoms with van der Waals surface area (Å²) in [5, 5.41) is 0. The average molecular weight is 153 g/mol. The fourth-order valence-corrected chi connectivity index (χ4v) is 0.913. The van der Waals surface area contributed by atoms with Gasteiger partial charge in [0.05, 0.1) is 0 Å². The number of anilines is 1. The lowest BCUT2D eigenvalue weighted by Gasteiger charge is -1.94. The molecule has 1 aliphatic rings. The molecule has 1 aromatic carbocycles. The summed E-state index contributed by atoms with van der Waals surface area (Å²) < 4.78 is 10.2. The van der Waals surface area contributed by atoms with Crippen molar-refractivity contribution >= 4 is 5.69 Å². The summed E-state index contributed by atoms with van der Waals surface area (Å²) in [4.78, 5) is 0. The van der Waals surface area contributed by atoms with Crippen molar-refractivity contribution in [2.24, 2.45) is 0 Å². The molecule has 0 aliphatic carbocycles. The van der Waals surface area contributed by atoms with Crippen molar-refractivity contribution in [1.82, 2.24) is 0 Å². The summed E-state index contributed by atoms with van der Waals surface area (Å²) >= 11 is 0. The quantitative estimate of drug-likeness (QED) is 0.576. The molecule has 1 heterocycles. The highest BCUT2D eigenvalue weighted by atomic mass is 16.7. The smallest absolute Gasteiger partial charge is 0.231 e. The van der Waals surface area contributed by atoms with Crippen LogP contribution in [0.1, 0.15) is 7.43 Å². The van der Waals surface area contributed by atoms with Crippen LogP contribution in [0.2, 0.25) is 0 Å². The minimum atomic E-state index is 0. The van der Waals surface area contributed by atoms with Crippen molar-refractivity contribution in [1.29, 1.82) is 0 Å². The van der Waals surface area contributed by atoms with Crippen molar-refractivity contribution in [2.75, 3.05) is 12.5 Å². The van der Waals surface area contributed by atoms with E-state index in [-0.39, 0.29) is 7.43 Å². The Hall–Kier alpha value is -1.38. The summed E-state index contributed by atoms with van der Waals surface area (Å²) in [6.45, 7) is 0.304. The Bertz CT molecular complexity index is 260. The molecule has 0 fully saturated rings. The van der Waals surface area contributed by atoms with Crippen molar-refractivity contribution in [3.05, 3.63) is 18.2 Å². The molecule has 0 amide bonds. The summed E-state index contributed by atoms with van der Waals surface area (Å²) in [6.07, 6.45) is 0. The minimum absolute atomic E-state index is 0. The van der Waals surface area contributed by atoms with E-state index in [0.29, 0.717) is 12.5 Å². The summed E-state index contributed by atoms with van der Waals surface area (Å²) in [6, 6.07) is 5.34. The first-order valence-electron chi connectivity index (χ1n) is 3.01. The number of rotatable bonds is 0. The van der Waals surface area contributed by atoms with Gasteiger partial charge < -0.3 is 15.2 Å². The number of benzene rings is 1. The van der Waals surface area contributed by atoms with Crippen LogP contribution in [0.25, 0.3) is 0 Å². The molecule has 1 aromatic rings. The highest BCUT2D eigenvalue weighted by Crippen LogP contribution is 2.32. The van der Waals surface area contributed by atoms with Crippen LogP contribution < -0.4 is 15.2 Å². The molecule has 0 atom stereocenters. The Labute approximate surface area is 65.7 Å². The molecule has 0 saturated heterocycles. The molecule has 0 saturated carbocycles. The highest BCUT2D eigenvalue weighted by Gasteiger charge is 2.11. The largest absolute Gasteiger partial charge is 0.454 e. The molecular weight excluding hydrogens is 142 g/mol. The van der Waals surface area contributed by atoms with E-state index in [1.54, 1.807) is 18.2 Å². The van der Waals surface area contributed by atoms with Gasteiger partial charge in [-0.25, -0.2) is 0 Å². The minimum Gasteiger partial charge on any atom is -0.454 e. The molecule has 0 radical (unpaired) electrons. The van der Waals surface area contributed by atoms with E-state index in [0.717, 1.165) is 11.5 Å². The molecule has 3 nitrogen and oxygen atoms in total. The lowest BCUT2D eigenvalue weighted by molar-refractivity contribution is 0.174. The van der Waals surface area contributed by atoms with Crippen LogP contribution in [0.15, 0.2) is 18.2 Å². The molecule has 2 N–H and O–H groups in total. The predicted molar refractivity (Wildman–Crippen MR) is 43.7 cm³/mol. The molecule has 3 heteroatoms. The van der Waals surface area contributed by atoms with E-state index >= 15 is 0 Å². The number of ether oxygens (including phenoxy) is 2. The van der Waals surface area contributed by atoms with Crippen LogP contribution >= 0.6 is 0 Å². The molecule has 0 spiro atoms. The average Bonchev–Trinajstić information content (AvgIpc) is 2.33. The molecule has 60 valence electrons. The van der Waals surface area contributed by atoms with Gasteiger partial charge in [-0.3, -0.25) is 0 Å². The van der Waals surface area contributed by atoms with Gasteiger partial charge in [-0.05, 0) is 12.1 Å². The standard InChI is InChI=1S/C7H7NO2.CH4/c8-5-1-2-6-7(3-5)10-4-9-6;/h1-3H,4,8H2;1H4. The SMILES string of the molecule is C.Nc1ccc2c(c1)OCO2. The second kappa shape index (κ2) is 2.70. The maximum atomic E-state index is 5.50. The maximum Gasteiger partial charge on any atom is 0.231 e. The Morgan fingerprint density at radius 3 is 2.73 bits per heavy atom. The third kappa shape index (κ3) is 1.22. The fourth-order valence-electron chi connectivity index (χ4n) is 0.913.